The van der Waals surface area contributed by atoms with Gasteiger partial charge in [-0.15, -0.1) is 4.91 Å². The molecule has 11 nitrogen and oxygen atoms in total. The Bertz CT molecular complexity index is 1490. The van der Waals surface area contributed by atoms with Crippen LogP contribution < -0.4 is 15.5 Å². The summed E-state index contributed by atoms with van der Waals surface area (Å²) < 4.78 is 0. The van der Waals surface area contributed by atoms with Crippen molar-refractivity contribution in [3.63, 3.8) is 0 Å². The van der Waals surface area contributed by atoms with Crippen molar-refractivity contribution in [3.05, 3.63) is 87.5 Å². The van der Waals surface area contributed by atoms with Crippen LogP contribution in [0.3, 0.4) is 0 Å². The highest BCUT2D eigenvalue weighted by Gasteiger charge is 2.40. The van der Waals surface area contributed by atoms with E-state index in [1.54, 1.807) is 25.2 Å². The van der Waals surface area contributed by atoms with E-state index in [9.17, 15) is 29.2 Å². The Morgan fingerprint density at radius 1 is 1.00 bits per heavy atom. The minimum atomic E-state index is -0.944. The van der Waals surface area contributed by atoms with E-state index in [0.29, 0.717) is 17.7 Å². The van der Waals surface area contributed by atoms with E-state index < -0.39 is 28.7 Å². The normalized spacial score (nSPS) is 14.9. The minimum Gasteiger partial charge on any atom is -0.481 e. The summed E-state index contributed by atoms with van der Waals surface area (Å²) in [6.07, 6.45) is 6.16. The number of carbonyl (C=O) groups excluding carboxylic acids is 2. The van der Waals surface area contributed by atoms with Crippen molar-refractivity contribution in [2.45, 2.75) is 57.8 Å². The van der Waals surface area contributed by atoms with Crippen LogP contribution in [0.2, 0.25) is 0 Å². The summed E-state index contributed by atoms with van der Waals surface area (Å²) in [5.41, 5.74) is 3.63. The fourth-order valence-electron chi connectivity index (χ4n) is 5.29. The van der Waals surface area contributed by atoms with Gasteiger partial charge in [0.15, 0.2) is 0 Å². The molecule has 2 aromatic carbocycles. The third-order valence-electron chi connectivity index (χ3n) is 7.68. The number of carbonyl (C=O) groups is 4. The fraction of sp³-hybridized carbons (Fsp3) is 0.375. The molecule has 3 rings (SSSR count). The number of hydrogen-bond acceptors (Lipinski definition) is 7. The predicted octanol–water partition coefficient (Wildman–Crippen LogP) is 5.22. The molecule has 1 heterocycles. The molecular formula is C32H38N4O7. The number of benzene rings is 2. The van der Waals surface area contributed by atoms with Crippen molar-refractivity contribution >= 4 is 35.1 Å². The van der Waals surface area contributed by atoms with Gasteiger partial charge in [0.25, 0.3) is 5.91 Å². The SMILES string of the molecule is CNC(=O)c1ccc2c(c1)C(C)(C)/C(=C\C=C\CC(C)(C)c1cc(C(=O)N=O)ccc1NCCC(=O)O)N2CCC(=O)O. The van der Waals surface area contributed by atoms with Gasteiger partial charge in [-0.25, -0.2) is 0 Å². The topological polar surface area (TPSA) is 165 Å². The molecule has 11 heteroatoms. The van der Waals surface area contributed by atoms with Crippen LogP contribution in [0.25, 0.3) is 0 Å². The first-order chi connectivity index (χ1) is 20.2. The van der Waals surface area contributed by atoms with Gasteiger partial charge in [-0.2, -0.15) is 0 Å². The van der Waals surface area contributed by atoms with Gasteiger partial charge in [0.1, 0.15) is 0 Å². The molecule has 0 saturated carbocycles. The first-order valence-corrected chi connectivity index (χ1v) is 13.9. The number of carboxylic acids is 2. The van der Waals surface area contributed by atoms with E-state index in [4.69, 9.17) is 5.11 Å². The van der Waals surface area contributed by atoms with Crippen LogP contribution in [-0.4, -0.2) is 54.1 Å². The molecule has 0 unspecified atom stereocenters. The minimum absolute atomic E-state index is 0.0663. The molecule has 1 aliphatic rings. The van der Waals surface area contributed by atoms with Gasteiger partial charge in [0, 0.05) is 58.9 Å². The summed E-state index contributed by atoms with van der Waals surface area (Å²) in [7, 11) is 1.57. The third kappa shape index (κ3) is 7.54. The molecule has 2 aromatic rings. The average Bonchev–Trinajstić information content (AvgIpc) is 3.17. The first kappa shape index (κ1) is 32.7. The second-order valence-corrected chi connectivity index (χ2v) is 11.5. The molecule has 0 saturated heterocycles. The number of nitrogens with zero attached hydrogens (tertiary/aromatic N) is 2. The molecule has 43 heavy (non-hydrogen) atoms. The maximum Gasteiger partial charge on any atom is 0.316 e. The van der Waals surface area contributed by atoms with E-state index in [1.807, 2.05) is 63.0 Å². The highest BCUT2D eigenvalue weighted by atomic mass is 16.4. The average molecular weight is 591 g/mol. The Morgan fingerprint density at radius 3 is 2.30 bits per heavy atom. The lowest BCUT2D eigenvalue weighted by molar-refractivity contribution is -0.137. The number of hydrogen-bond donors (Lipinski definition) is 4. The van der Waals surface area contributed by atoms with E-state index >= 15 is 0 Å². The number of rotatable bonds is 13. The van der Waals surface area contributed by atoms with Crippen molar-refractivity contribution in [1.29, 1.82) is 0 Å². The fourth-order valence-corrected chi connectivity index (χ4v) is 5.29. The second kappa shape index (κ2) is 13.5. The molecule has 0 atom stereocenters. The summed E-state index contributed by atoms with van der Waals surface area (Å²) >= 11 is 0. The number of nitrogens with one attached hydrogen (secondary N) is 2. The highest BCUT2D eigenvalue weighted by Crippen LogP contribution is 2.48. The molecule has 0 radical (unpaired) electrons. The Labute approximate surface area is 250 Å². The molecule has 0 bridgehead atoms. The molecule has 0 spiro atoms. The predicted molar refractivity (Wildman–Crippen MR) is 165 cm³/mol. The van der Waals surface area contributed by atoms with Crippen LogP contribution in [0, 0.1) is 4.91 Å². The van der Waals surface area contributed by atoms with Crippen LogP contribution >= 0.6 is 0 Å². The van der Waals surface area contributed by atoms with Crippen LogP contribution in [-0.2, 0) is 20.4 Å². The summed E-state index contributed by atoms with van der Waals surface area (Å²) in [5, 5.41) is 26.7. The van der Waals surface area contributed by atoms with Crippen molar-refractivity contribution in [2.75, 3.05) is 30.4 Å². The Kier molecular flexibility index (Phi) is 10.2. The van der Waals surface area contributed by atoms with Crippen molar-refractivity contribution in [2.24, 2.45) is 5.18 Å². The maximum atomic E-state index is 12.3. The Morgan fingerprint density at radius 2 is 1.67 bits per heavy atom. The summed E-state index contributed by atoms with van der Waals surface area (Å²) in [5.74, 6) is -2.95. The highest BCUT2D eigenvalue weighted by molar-refractivity contribution is 5.96. The molecule has 4 N–H and O–H groups in total. The second-order valence-electron chi connectivity index (χ2n) is 11.5. The summed E-state index contributed by atoms with van der Waals surface area (Å²) in [4.78, 5) is 59.6. The van der Waals surface area contributed by atoms with Gasteiger partial charge < -0.3 is 25.7 Å². The zero-order valence-corrected chi connectivity index (χ0v) is 25.1. The quantitative estimate of drug-likeness (QED) is 0.229. The number of anilines is 2. The number of fused-ring (bicyclic) bond motifs is 1. The Hall–Kier alpha value is -4.80. The molecule has 1 aliphatic heterocycles. The Balaban J connectivity index is 1.94. The van der Waals surface area contributed by atoms with Gasteiger partial charge in [0.05, 0.1) is 12.8 Å². The van der Waals surface area contributed by atoms with Gasteiger partial charge in [0.2, 0.25) is 0 Å². The zero-order chi connectivity index (χ0) is 31.9. The van der Waals surface area contributed by atoms with E-state index in [0.717, 1.165) is 22.5 Å². The third-order valence-corrected chi connectivity index (χ3v) is 7.68. The lowest BCUT2D eigenvalue weighted by Gasteiger charge is -2.28. The lowest BCUT2D eigenvalue weighted by Crippen LogP contribution is -2.28. The summed E-state index contributed by atoms with van der Waals surface area (Å²) in [6, 6.07) is 10.1. The first-order valence-electron chi connectivity index (χ1n) is 13.9. The van der Waals surface area contributed by atoms with Crippen molar-refractivity contribution in [1.82, 2.24) is 5.32 Å². The van der Waals surface area contributed by atoms with E-state index in [1.165, 1.54) is 6.07 Å². The largest absolute Gasteiger partial charge is 0.481 e. The van der Waals surface area contributed by atoms with Gasteiger partial charge in [-0.3, -0.25) is 19.2 Å². The summed E-state index contributed by atoms with van der Waals surface area (Å²) in [6.45, 7) is 8.44. The zero-order valence-electron chi connectivity index (χ0n) is 25.1. The monoisotopic (exact) mass is 590 g/mol. The molecule has 0 aliphatic carbocycles. The van der Waals surface area contributed by atoms with Crippen LogP contribution in [0.5, 0.6) is 0 Å². The number of carboxylic acid groups (broad SMARTS) is 2. The molecule has 2 amide bonds. The molecular weight excluding hydrogens is 552 g/mol. The number of allylic oxidation sites excluding steroid dienone is 4. The smallest absolute Gasteiger partial charge is 0.316 e. The van der Waals surface area contributed by atoms with Gasteiger partial charge in [-0.1, -0.05) is 39.8 Å². The van der Waals surface area contributed by atoms with Crippen molar-refractivity contribution in [3.8, 4) is 0 Å². The van der Waals surface area contributed by atoms with Crippen molar-refractivity contribution < 1.29 is 29.4 Å². The molecule has 0 fully saturated rings. The number of amides is 2. The van der Waals surface area contributed by atoms with Crippen LogP contribution in [0.15, 0.2) is 65.5 Å². The molecule has 228 valence electrons. The van der Waals surface area contributed by atoms with Crippen LogP contribution in [0.1, 0.15) is 78.8 Å². The molecule has 0 aromatic heterocycles. The standard InChI is InChI=1S/C32H38N4O7/c1-31(2,22-18-21(30(42)35-43)9-11-24(22)34-16-13-27(37)38)15-7-6-8-26-32(3,4)23-19-20(29(41)33-5)10-12-25(23)36(26)17-14-28(39)40/h6-12,18-19,34H,13-17H2,1-5H3,(H,33,41)(H,37,38)(H,39,40)/b7-6+,26-8+. The van der Waals surface area contributed by atoms with Gasteiger partial charge in [-0.05, 0) is 65.4 Å². The number of aliphatic carboxylic acids is 2. The van der Waals surface area contributed by atoms with E-state index in [2.05, 4.69) is 15.8 Å². The van der Waals surface area contributed by atoms with E-state index in [-0.39, 0.29) is 37.4 Å². The lowest BCUT2D eigenvalue weighted by atomic mass is 9.79. The number of nitroso groups, excluding NO2 is 1. The van der Waals surface area contributed by atoms with Crippen LogP contribution in [0.4, 0.5) is 11.4 Å². The van der Waals surface area contributed by atoms with Gasteiger partial charge >= 0.3 is 17.8 Å². The maximum absolute atomic E-state index is 12.3.